The van der Waals surface area contributed by atoms with Crippen LogP contribution in [0.15, 0.2) is 18.3 Å². The molecule has 1 heterocycles. The van der Waals surface area contributed by atoms with Crippen molar-refractivity contribution in [2.45, 2.75) is 20.8 Å². The van der Waals surface area contributed by atoms with Crippen LogP contribution in [0.2, 0.25) is 0 Å². The molecule has 0 aliphatic rings. The molecule has 1 rings (SSSR count). The van der Waals surface area contributed by atoms with Crippen molar-refractivity contribution in [3.05, 3.63) is 24.0 Å². The number of hydrogen-bond acceptors (Lipinski definition) is 1. The van der Waals surface area contributed by atoms with Crippen molar-refractivity contribution in [2.75, 3.05) is 6.54 Å². The molecule has 1 aromatic rings. The van der Waals surface area contributed by atoms with E-state index >= 15 is 0 Å². The molecule has 0 saturated carbocycles. The number of carbonyl (C=O) groups is 1. The minimum absolute atomic E-state index is 0.0715. The molecule has 4 heteroatoms. The van der Waals surface area contributed by atoms with Gasteiger partial charge in [0.1, 0.15) is 5.69 Å². The minimum atomic E-state index is -0.0715. The number of carbonyl (C=O) groups excluding carboxylic acids is 1. The molecule has 1 aromatic heterocycles. The first kappa shape index (κ1) is 13.7. The summed E-state index contributed by atoms with van der Waals surface area (Å²) in [5.74, 6) is 5.47. The number of rotatable bonds is 2. The van der Waals surface area contributed by atoms with Gasteiger partial charge in [-0.25, -0.2) is 0 Å². The van der Waals surface area contributed by atoms with E-state index in [1.807, 2.05) is 13.8 Å². The van der Waals surface area contributed by atoms with Gasteiger partial charge >= 0.3 is 0 Å². The van der Waals surface area contributed by atoms with Crippen LogP contribution in [0.5, 0.6) is 0 Å². The molecule has 0 spiro atoms. The third-order valence-corrected chi connectivity index (χ3v) is 1.93. The van der Waals surface area contributed by atoms with E-state index in [9.17, 15) is 4.79 Å². The van der Waals surface area contributed by atoms with E-state index < -0.39 is 0 Å². The van der Waals surface area contributed by atoms with Crippen LogP contribution in [-0.2, 0) is 0 Å². The van der Waals surface area contributed by atoms with Crippen molar-refractivity contribution in [3.63, 3.8) is 0 Å². The number of amides is 1. The zero-order valence-electron chi connectivity index (χ0n) is 9.37. The molecule has 0 aliphatic heterocycles. The maximum atomic E-state index is 11.5. The molecule has 15 heavy (non-hydrogen) atoms. The minimum Gasteiger partial charge on any atom is -0.357 e. The zero-order chi connectivity index (χ0) is 11.7. The Labute approximate surface area is 93.5 Å². The quantitative estimate of drug-likeness (QED) is 0.607. The van der Waals surface area contributed by atoms with E-state index in [2.05, 4.69) is 26.2 Å². The standard InChI is InChI=1S/C9H11N2OP.C2H6/c1-2-3-7-11(13)9(12)8-5-4-6-10-8;1-2/h4-6,10H,7,13H2,1H3;1-2H3. The molecular weight excluding hydrogens is 207 g/mol. The number of H-pyrrole nitrogens is 1. The van der Waals surface area contributed by atoms with E-state index in [0.29, 0.717) is 12.2 Å². The van der Waals surface area contributed by atoms with Crippen molar-refractivity contribution >= 4 is 15.3 Å². The normalized spacial score (nSPS) is 8.00. The van der Waals surface area contributed by atoms with Crippen LogP contribution >= 0.6 is 9.39 Å². The Morgan fingerprint density at radius 3 is 2.73 bits per heavy atom. The highest BCUT2D eigenvalue weighted by Crippen LogP contribution is 2.05. The van der Waals surface area contributed by atoms with Gasteiger partial charge in [-0.15, -0.1) is 5.92 Å². The fraction of sp³-hybridized carbons (Fsp3) is 0.364. The SMILES string of the molecule is CC.CC#CCN(P)C(=O)c1ccc[nH]1. The Kier molecular flexibility index (Phi) is 7.40. The third-order valence-electron chi connectivity index (χ3n) is 1.52. The summed E-state index contributed by atoms with van der Waals surface area (Å²) >= 11 is 0. The fourth-order valence-corrected chi connectivity index (χ4v) is 1.08. The Bertz CT molecular complexity index is 335. The van der Waals surface area contributed by atoms with Crippen molar-refractivity contribution < 1.29 is 4.79 Å². The molecule has 0 saturated heterocycles. The lowest BCUT2D eigenvalue weighted by Gasteiger charge is -2.11. The molecule has 0 radical (unpaired) electrons. The first-order valence-electron chi connectivity index (χ1n) is 4.85. The van der Waals surface area contributed by atoms with E-state index in [-0.39, 0.29) is 5.91 Å². The molecule has 1 unspecified atom stereocenters. The lowest BCUT2D eigenvalue weighted by Crippen LogP contribution is -2.21. The fourth-order valence-electron chi connectivity index (χ4n) is 0.854. The van der Waals surface area contributed by atoms with Crippen LogP contribution in [0.3, 0.4) is 0 Å². The largest absolute Gasteiger partial charge is 0.357 e. The van der Waals surface area contributed by atoms with Crippen molar-refractivity contribution in [1.82, 2.24) is 9.65 Å². The summed E-state index contributed by atoms with van der Waals surface area (Å²) in [4.78, 5) is 14.4. The smallest absolute Gasteiger partial charge is 0.273 e. The molecule has 3 nitrogen and oxygen atoms in total. The van der Waals surface area contributed by atoms with E-state index in [1.54, 1.807) is 25.3 Å². The van der Waals surface area contributed by atoms with E-state index in [1.165, 1.54) is 4.67 Å². The molecule has 1 N–H and O–H groups in total. The van der Waals surface area contributed by atoms with Gasteiger partial charge in [0.25, 0.3) is 5.91 Å². The monoisotopic (exact) mass is 224 g/mol. The van der Waals surface area contributed by atoms with Gasteiger partial charge in [0, 0.05) is 6.20 Å². The third kappa shape index (κ3) is 4.67. The van der Waals surface area contributed by atoms with Crippen molar-refractivity contribution in [2.24, 2.45) is 0 Å². The lowest BCUT2D eigenvalue weighted by atomic mass is 10.4. The van der Waals surface area contributed by atoms with Gasteiger partial charge in [0.15, 0.2) is 0 Å². The van der Waals surface area contributed by atoms with Gasteiger partial charge in [-0.05, 0) is 28.4 Å². The summed E-state index contributed by atoms with van der Waals surface area (Å²) in [5, 5.41) is 0. The first-order valence-corrected chi connectivity index (χ1v) is 5.37. The van der Waals surface area contributed by atoms with E-state index in [0.717, 1.165) is 0 Å². The van der Waals surface area contributed by atoms with Crippen molar-refractivity contribution in [3.8, 4) is 11.8 Å². The Balaban J connectivity index is 0.000000921. The van der Waals surface area contributed by atoms with Crippen LogP contribution in [0.25, 0.3) is 0 Å². The first-order chi connectivity index (χ1) is 7.25. The van der Waals surface area contributed by atoms with Crippen LogP contribution in [0, 0.1) is 11.8 Å². The second-order valence-electron chi connectivity index (χ2n) is 2.44. The summed E-state index contributed by atoms with van der Waals surface area (Å²) in [6, 6.07) is 3.52. The van der Waals surface area contributed by atoms with Gasteiger partial charge in [0.2, 0.25) is 0 Å². The van der Waals surface area contributed by atoms with Crippen LogP contribution in [0.1, 0.15) is 31.3 Å². The van der Waals surface area contributed by atoms with Crippen molar-refractivity contribution in [1.29, 1.82) is 0 Å². The number of nitrogens with zero attached hydrogens (tertiary/aromatic N) is 1. The highest BCUT2D eigenvalue weighted by Gasteiger charge is 2.10. The maximum Gasteiger partial charge on any atom is 0.273 e. The second-order valence-corrected chi connectivity index (χ2v) is 3.07. The van der Waals surface area contributed by atoms with Gasteiger partial charge < -0.3 is 9.65 Å². The predicted molar refractivity (Wildman–Crippen MR) is 66.3 cm³/mol. The van der Waals surface area contributed by atoms with Crippen LogP contribution < -0.4 is 0 Å². The molecular formula is C11H17N2OP. The number of aromatic amines is 1. The molecule has 1 atom stereocenters. The summed E-state index contributed by atoms with van der Waals surface area (Å²) in [6.45, 7) is 6.18. The second kappa shape index (κ2) is 8.08. The molecule has 0 aromatic carbocycles. The van der Waals surface area contributed by atoms with Gasteiger partial charge in [-0.2, -0.15) is 0 Å². The number of hydrogen-bond donors (Lipinski definition) is 1. The lowest BCUT2D eigenvalue weighted by molar-refractivity contribution is 0.0877. The summed E-state index contributed by atoms with van der Waals surface area (Å²) in [7, 11) is 2.35. The molecule has 0 bridgehead atoms. The van der Waals surface area contributed by atoms with Gasteiger partial charge in [-0.3, -0.25) is 4.79 Å². The molecule has 1 amide bonds. The Hall–Kier alpha value is -1.26. The highest BCUT2D eigenvalue weighted by atomic mass is 31.0. The Morgan fingerprint density at radius 1 is 1.60 bits per heavy atom. The average molecular weight is 224 g/mol. The maximum absolute atomic E-state index is 11.5. The predicted octanol–water partition coefficient (Wildman–Crippen LogP) is 2.30. The highest BCUT2D eigenvalue weighted by molar-refractivity contribution is 7.14. The average Bonchev–Trinajstić information content (AvgIpc) is 2.81. The number of nitrogens with one attached hydrogen (secondary N) is 1. The summed E-state index contributed by atoms with van der Waals surface area (Å²) < 4.78 is 1.49. The topological polar surface area (TPSA) is 36.1 Å². The van der Waals surface area contributed by atoms with E-state index in [4.69, 9.17) is 0 Å². The summed E-state index contributed by atoms with van der Waals surface area (Å²) in [6.07, 6.45) is 1.72. The Morgan fingerprint density at radius 2 is 2.27 bits per heavy atom. The molecule has 82 valence electrons. The van der Waals surface area contributed by atoms with Crippen LogP contribution in [-0.4, -0.2) is 22.1 Å². The molecule has 0 fully saturated rings. The number of aromatic nitrogens is 1. The zero-order valence-corrected chi connectivity index (χ0v) is 10.5. The molecule has 0 aliphatic carbocycles. The van der Waals surface area contributed by atoms with Gasteiger partial charge in [0.05, 0.1) is 6.54 Å². The van der Waals surface area contributed by atoms with Crippen LogP contribution in [0.4, 0.5) is 0 Å². The summed E-state index contributed by atoms with van der Waals surface area (Å²) in [5.41, 5.74) is 0.577. The van der Waals surface area contributed by atoms with Gasteiger partial charge in [-0.1, -0.05) is 19.8 Å².